The molecule has 0 bridgehead atoms. The Balaban J connectivity index is 2.43. The van der Waals surface area contributed by atoms with Gasteiger partial charge in [0.1, 0.15) is 5.69 Å². The topological polar surface area (TPSA) is 62.2 Å². The third-order valence-corrected chi connectivity index (χ3v) is 3.08. The zero-order valence-electron chi connectivity index (χ0n) is 12.1. The van der Waals surface area contributed by atoms with E-state index >= 15 is 0 Å². The minimum atomic E-state index is -4.54. The largest absolute Gasteiger partial charge is 0.478 e. The molecule has 0 saturated heterocycles. The van der Waals surface area contributed by atoms with E-state index in [0.29, 0.717) is 5.69 Å². The lowest BCUT2D eigenvalue weighted by molar-refractivity contribution is -0.141. The molecule has 1 heterocycles. The standard InChI is InChI=1S/C16H13F3N2O2/c1-10(15(22)23)14(21-12-5-3-2-4-6-12)11-7-8-13(20-9-11)16(17,18)19/h2-9,21H,1H3,(H,22,23). The molecular weight excluding hydrogens is 309 g/mol. The van der Waals surface area contributed by atoms with Crippen LogP contribution in [0.15, 0.2) is 54.2 Å². The second-order valence-electron chi connectivity index (χ2n) is 4.73. The first kappa shape index (κ1) is 16.5. The molecule has 0 unspecified atom stereocenters. The van der Waals surface area contributed by atoms with E-state index in [1.54, 1.807) is 30.3 Å². The summed E-state index contributed by atoms with van der Waals surface area (Å²) in [5, 5.41) is 12.1. The summed E-state index contributed by atoms with van der Waals surface area (Å²) in [4.78, 5) is 14.6. The number of hydrogen-bond donors (Lipinski definition) is 2. The maximum atomic E-state index is 12.6. The fourth-order valence-corrected chi connectivity index (χ4v) is 1.86. The van der Waals surface area contributed by atoms with Gasteiger partial charge in [-0.2, -0.15) is 13.2 Å². The lowest BCUT2D eigenvalue weighted by Crippen LogP contribution is -2.11. The minimum absolute atomic E-state index is 0.0320. The van der Waals surface area contributed by atoms with Crippen molar-refractivity contribution in [3.8, 4) is 0 Å². The molecule has 0 fully saturated rings. The number of carbonyl (C=O) groups is 1. The van der Waals surface area contributed by atoms with Crippen molar-refractivity contribution in [1.82, 2.24) is 4.98 Å². The molecule has 0 amide bonds. The van der Waals surface area contributed by atoms with Gasteiger partial charge in [0.05, 0.1) is 11.3 Å². The Morgan fingerprint density at radius 1 is 1.13 bits per heavy atom. The van der Waals surface area contributed by atoms with Crippen molar-refractivity contribution < 1.29 is 23.1 Å². The predicted octanol–water partition coefficient (Wildman–Crippen LogP) is 4.03. The Morgan fingerprint density at radius 2 is 1.78 bits per heavy atom. The number of aliphatic carboxylic acids is 1. The molecule has 0 aliphatic rings. The van der Waals surface area contributed by atoms with Crippen LogP contribution in [0.1, 0.15) is 18.2 Å². The molecule has 120 valence electrons. The zero-order chi connectivity index (χ0) is 17.0. The number of halogens is 3. The molecule has 0 saturated carbocycles. The smallest absolute Gasteiger partial charge is 0.433 e. The van der Waals surface area contributed by atoms with Crippen LogP contribution in [0.25, 0.3) is 5.70 Å². The van der Waals surface area contributed by atoms with Crippen LogP contribution in [0.4, 0.5) is 18.9 Å². The summed E-state index contributed by atoms with van der Waals surface area (Å²) in [6.07, 6.45) is -3.54. The SMILES string of the molecule is CC(C(=O)O)=C(Nc1ccccc1)c1ccc(C(F)(F)F)nc1. The molecule has 0 aliphatic heterocycles. The molecule has 0 atom stereocenters. The van der Waals surface area contributed by atoms with E-state index in [1.807, 2.05) is 0 Å². The van der Waals surface area contributed by atoms with Gasteiger partial charge in [-0.05, 0) is 31.2 Å². The van der Waals surface area contributed by atoms with Crippen LogP contribution in [0.5, 0.6) is 0 Å². The number of carboxylic acid groups (broad SMARTS) is 1. The maximum Gasteiger partial charge on any atom is 0.433 e. The van der Waals surface area contributed by atoms with Gasteiger partial charge in [0.25, 0.3) is 0 Å². The molecule has 1 aromatic heterocycles. The van der Waals surface area contributed by atoms with Gasteiger partial charge >= 0.3 is 12.1 Å². The number of hydrogen-bond acceptors (Lipinski definition) is 3. The van der Waals surface area contributed by atoms with Crippen molar-refractivity contribution in [2.75, 3.05) is 5.32 Å². The Kier molecular flexibility index (Phi) is 4.68. The van der Waals surface area contributed by atoms with Crippen LogP contribution in [0, 0.1) is 0 Å². The van der Waals surface area contributed by atoms with Gasteiger partial charge in [-0.1, -0.05) is 18.2 Å². The van der Waals surface area contributed by atoms with Gasteiger partial charge < -0.3 is 10.4 Å². The van der Waals surface area contributed by atoms with Crippen molar-refractivity contribution in [1.29, 1.82) is 0 Å². The zero-order valence-corrected chi connectivity index (χ0v) is 12.1. The van der Waals surface area contributed by atoms with Crippen molar-refractivity contribution >= 4 is 17.4 Å². The molecule has 7 heteroatoms. The fraction of sp³-hybridized carbons (Fsp3) is 0.125. The number of aromatic nitrogens is 1. The van der Waals surface area contributed by atoms with Gasteiger partial charge in [-0.3, -0.25) is 4.98 Å². The number of rotatable bonds is 4. The van der Waals surface area contributed by atoms with Crippen LogP contribution in [-0.2, 0) is 11.0 Å². The van der Waals surface area contributed by atoms with Crippen molar-refractivity contribution in [3.63, 3.8) is 0 Å². The highest BCUT2D eigenvalue weighted by atomic mass is 19.4. The number of carboxylic acids is 1. The molecular formula is C16H13F3N2O2. The molecule has 0 spiro atoms. The highest BCUT2D eigenvalue weighted by Crippen LogP contribution is 2.29. The first-order chi connectivity index (χ1) is 10.8. The molecule has 2 rings (SSSR count). The van der Waals surface area contributed by atoms with Gasteiger partial charge in [-0.25, -0.2) is 4.79 Å². The van der Waals surface area contributed by atoms with E-state index in [0.717, 1.165) is 12.3 Å². The van der Waals surface area contributed by atoms with E-state index in [-0.39, 0.29) is 16.8 Å². The van der Waals surface area contributed by atoms with Crippen LogP contribution in [0.2, 0.25) is 0 Å². The van der Waals surface area contributed by atoms with Crippen LogP contribution >= 0.6 is 0 Å². The second kappa shape index (κ2) is 6.51. The Bertz CT molecular complexity index is 723. The third-order valence-electron chi connectivity index (χ3n) is 3.08. The van der Waals surface area contributed by atoms with Crippen LogP contribution in [0.3, 0.4) is 0 Å². The number of pyridine rings is 1. The van der Waals surface area contributed by atoms with E-state index in [1.165, 1.54) is 13.0 Å². The van der Waals surface area contributed by atoms with Crippen LogP contribution in [-0.4, -0.2) is 16.1 Å². The van der Waals surface area contributed by atoms with E-state index < -0.39 is 17.8 Å². The average molecular weight is 322 g/mol. The predicted molar refractivity (Wildman–Crippen MR) is 79.5 cm³/mol. The number of nitrogens with one attached hydrogen (secondary N) is 1. The highest BCUT2D eigenvalue weighted by Gasteiger charge is 2.32. The highest BCUT2D eigenvalue weighted by molar-refractivity contribution is 5.98. The van der Waals surface area contributed by atoms with Crippen molar-refractivity contribution in [2.24, 2.45) is 0 Å². The maximum absolute atomic E-state index is 12.6. The molecule has 2 aromatic rings. The fourth-order valence-electron chi connectivity index (χ4n) is 1.86. The number of benzene rings is 1. The van der Waals surface area contributed by atoms with Gasteiger partial charge in [0, 0.05) is 17.4 Å². The molecule has 2 N–H and O–H groups in total. The molecule has 23 heavy (non-hydrogen) atoms. The Hall–Kier alpha value is -2.83. The quantitative estimate of drug-likeness (QED) is 0.834. The molecule has 1 aromatic carbocycles. The summed E-state index contributed by atoms with van der Waals surface area (Å²) in [6, 6.07) is 10.7. The lowest BCUT2D eigenvalue weighted by atomic mass is 10.1. The number of anilines is 1. The summed E-state index contributed by atoms with van der Waals surface area (Å²) in [6.45, 7) is 1.37. The summed E-state index contributed by atoms with van der Waals surface area (Å²) in [5.74, 6) is -1.18. The average Bonchev–Trinajstić information content (AvgIpc) is 2.52. The lowest BCUT2D eigenvalue weighted by Gasteiger charge is -2.14. The molecule has 0 aliphatic carbocycles. The summed E-state index contributed by atoms with van der Waals surface area (Å²) in [5.41, 5.74) is -0.0154. The van der Waals surface area contributed by atoms with Gasteiger partial charge in [0.2, 0.25) is 0 Å². The Labute approximate surface area is 130 Å². The summed E-state index contributed by atoms with van der Waals surface area (Å²) < 4.78 is 37.7. The van der Waals surface area contributed by atoms with E-state index in [4.69, 9.17) is 0 Å². The first-order valence-electron chi connectivity index (χ1n) is 6.59. The third kappa shape index (κ3) is 4.09. The van der Waals surface area contributed by atoms with E-state index in [2.05, 4.69) is 10.3 Å². The first-order valence-corrected chi connectivity index (χ1v) is 6.59. The van der Waals surface area contributed by atoms with Crippen molar-refractivity contribution in [2.45, 2.75) is 13.1 Å². The number of nitrogens with zero attached hydrogens (tertiary/aromatic N) is 1. The van der Waals surface area contributed by atoms with Gasteiger partial charge in [-0.15, -0.1) is 0 Å². The molecule has 0 radical (unpaired) electrons. The second-order valence-corrected chi connectivity index (χ2v) is 4.73. The molecule has 4 nitrogen and oxygen atoms in total. The summed E-state index contributed by atoms with van der Waals surface area (Å²) >= 11 is 0. The number of alkyl halides is 3. The van der Waals surface area contributed by atoms with Crippen LogP contribution < -0.4 is 5.32 Å². The Morgan fingerprint density at radius 3 is 2.26 bits per heavy atom. The number of para-hydroxylation sites is 1. The minimum Gasteiger partial charge on any atom is -0.478 e. The van der Waals surface area contributed by atoms with Gasteiger partial charge in [0.15, 0.2) is 0 Å². The monoisotopic (exact) mass is 322 g/mol. The summed E-state index contributed by atoms with van der Waals surface area (Å²) in [7, 11) is 0. The van der Waals surface area contributed by atoms with E-state index in [9.17, 15) is 23.1 Å². The van der Waals surface area contributed by atoms with Crippen molar-refractivity contribution in [3.05, 3.63) is 65.5 Å². The normalized spacial score (nSPS) is 12.5.